The topological polar surface area (TPSA) is 70.0 Å². The molecular formula is C6H9F3N2O2S. The molecule has 8 heteroatoms. The Morgan fingerprint density at radius 3 is 2.36 bits per heavy atom. The van der Waals surface area contributed by atoms with Gasteiger partial charge >= 0.3 is 6.18 Å². The van der Waals surface area contributed by atoms with Crippen LogP contribution in [0.2, 0.25) is 0 Å². The van der Waals surface area contributed by atoms with Crippen molar-refractivity contribution in [1.82, 2.24) is 4.72 Å². The van der Waals surface area contributed by atoms with Crippen LogP contribution in [0.15, 0.2) is 0 Å². The van der Waals surface area contributed by atoms with Crippen molar-refractivity contribution in [3.63, 3.8) is 0 Å². The van der Waals surface area contributed by atoms with Crippen molar-refractivity contribution in [3.8, 4) is 6.07 Å². The summed E-state index contributed by atoms with van der Waals surface area (Å²) in [4.78, 5) is 0. The fourth-order valence-electron chi connectivity index (χ4n) is 0.822. The van der Waals surface area contributed by atoms with Crippen molar-refractivity contribution in [1.29, 1.82) is 5.26 Å². The number of alkyl halides is 3. The van der Waals surface area contributed by atoms with Crippen LogP contribution in [0, 0.1) is 11.3 Å². The summed E-state index contributed by atoms with van der Waals surface area (Å²) in [5.41, 5.74) is 0. The smallest absolute Gasteiger partial charge is 0.211 e. The molecule has 1 N–H and O–H groups in total. The van der Waals surface area contributed by atoms with E-state index in [0.717, 1.165) is 6.92 Å². The van der Waals surface area contributed by atoms with Gasteiger partial charge in [0, 0.05) is 6.04 Å². The fourth-order valence-corrected chi connectivity index (χ4v) is 1.77. The maximum absolute atomic E-state index is 11.8. The minimum absolute atomic E-state index is 0.838. The predicted octanol–water partition coefficient (Wildman–Crippen LogP) is 0.770. The Labute approximate surface area is 79.8 Å². The molecule has 0 heterocycles. The van der Waals surface area contributed by atoms with Crippen LogP contribution in [0.5, 0.6) is 0 Å². The summed E-state index contributed by atoms with van der Waals surface area (Å²) in [5.74, 6) is -0.838. The van der Waals surface area contributed by atoms with E-state index in [1.54, 1.807) is 4.72 Å². The van der Waals surface area contributed by atoms with Crippen molar-refractivity contribution in [2.24, 2.45) is 0 Å². The summed E-state index contributed by atoms with van der Waals surface area (Å²) in [6.45, 7) is 1.09. The van der Waals surface area contributed by atoms with Gasteiger partial charge in [0.25, 0.3) is 0 Å². The first-order valence-electron chi connectivity index (χ1n) is 3.60. The highest BCUT2D eigenvalue weighted by molar-refractivity contribution is 7.89. The molecule has 0 aliphatic heterocycles. The zero-order valence-electron chi connectivity index (χ0n) is 7.30. The monoisotopic (exact) mass is 230 g/mol. The molecule has 0 saturated carbocycles. The zero-order chi connectivity index (χ0) is 11.4. The van der Waals surface area contributed by atoms with E-state index < -0.39 is 34.4 Å². The van der Waals surface area contributed by atoms with Gasteiger partial charge in [0.2, 0.25) is 10.0 Å². The van der Waals surface area contributed by atoms with Crippen molar-refractivity contribution in [2.75, 3.05) is 5.75 Å². The molecule has 0 spiro atoms. The van der Waals surface area contributed by atoms with E-state index in [1.807, 2.05) is 0 Å². The van der Waals surface area contributed by atoms with Crippen molar-refractivity contribution in [2.45, 2.75) is 25.6 Å². The van der Waals surface area contributed by atoms with Crippen molar-refractivity contribution in [3.05, 3.63) is 0 Å². The van der Waals surface area contributed by atoms with Gasteiger partial charge in [-0.05, 0) is 6.92 Å². The van der Waals surface area contributed by atoms with E-state index in [4.69, 9.17) is 5.26 Å². The van der Waals surface area contributed by atoms with E-state index in [1.165, 1.54) is 6.07 Å². The Balaban J connectivity index is 4.21. The molecule has 0 aliphatic rings. The number of hydrogen-bond donors (Lipinski definition) is 1. The molecule has 0 bridgehead atoms. The molecule has 0 aromatic rings. The summed E-state index contributed by atoms with van der Waals surface area (Å²) >= 11 is 0. The maximum atomic E-state index is 11.8. The maximum Gasteiger partial charge on any atom is 0.390 e. The van der Waals surface area contributed by atoms with E-state index >= 15 is 0 Å². The Hall–Kier alpha value is -0.810. The molecule has 14 heavy (non-hydrogen) atoms. The van der Waals surface area contributed by atoms with Gasteiger partial charge in [0.15, 0.2) is 5.75 Å². The molecule has 0 amide bonds. The van der Waals surface area contributed by atoms with Crippen LogP contribution in [0.4, 0.5) is 13.2 Å². The van der Waals surface area contributed by atoms with Crippen molar-refractivity contribution < 1.29 is 21.6 Å². The van der Waals surface area contributed by atoms with E-state index in [2.05, 4.69) is 0 Å². The SMILES string of the molecule is CC(CC(F)(F)F)NS(=O)(=O)CC#N. The van der Waals surface area contributed by atoms with E-state index in [-0.39, 0.29) is 0 Å². The molecule has 1 atom stereocenters. The van der Waals surface area contributed by atoms with Gasteiger partial charge in [-0.1, -0.05) is 0 Å². The third-order valence-corrected chi connectivity index (χ3v) is 2.44. The number of rotatable bonds is 4. The Morgan fingerprint density at radius 2 is 2.00 bits per heavy atom. The Morgan fingerprint density at radius 1 is 1.50 bits per heavy atom. The minimum atomic E-state index is -4.42. The lowest BCUT2D eigenvalue weighted by Gasteiger charge is -2.14. The van der Waals surface area contributed by atoms with Crippen LogP contribution < -0.4 is 4.72 Å². The van der Waals surface area contributed by atoms with Crippen molar-refractivity contribution >= 4 is 10.0 Å². The fraction of sp³-hybridized carbons (Fsp3) is 0.833. The van der Waals surface area contributed by atoms with Gasteiger partial charge in [-0.15, -0.1) is 0 Å². The lowest BCUT2D eigenvalue weighted by molar-refractivity contribution is -0.137. The average molecular weight is 230 g/mol. The third-order valence-electron chi connectivity index (χ3n) is 1.17. The molecule has 0 aliphatic carbocycles. The van der Waals surface area contributed by atoms with Crippen LogP contribution >= 0.6 is 0 Å². The van der Waals surface area contributed by atoms with Gasteiger partial charge in [-0.2, -0.15) is 18.4 Å². The van der Waals surface area contributed by atoms with Gasteiger partial charge in [0.1, 0.15) is 0 Å². The summed E-state index contributed by atoms with van der Waals surface area (Å²) in [7, 11) is -3.91. The zero-order valence-corrected chi connectivity index (χ0v) is 8.11. The van der Waals surface area contributed by atoms with Crippen LogP contribution in [-0.2, 0) is 10.0 Å². The van der Waals surface area contributed by atoms with Gasteiger partial charge in [0.05, 0.1) is 12.5 Å². The quantitative estimate of drug-likeness (QED) is 0.775. The summed E-state index contributed by atoms with van der Waals surface area (Å²) < 4.78 is 58.7. The normalized spacial score (nSPS) is 14.8. The number of hydrogen-bond acceptors (Lipinski definition) is 3. The van der Waals surface area contributed by atoms with Crippen LogP contribution in [0.1, 0.15) is 13.3 Å². The number of sulfonamides is 1. The number of nitriles is 1. The largest absolute Gasteiger partial charge is 0.390 e. The van der Waals surface area contributed by atoms with Crippen LogP contribution in [-0.4, -0.2) is 26.4 Å². The molecule has 1 unspecified atom stereocenters. The molecule has 0 aromatic carbocycles. The van der Waals surface area contributed by atoms with E-state index in [9.17, 15) is 21.6 Å². The highest BCUT2D eigenvalue weighted by Gasteiger charge is 2.31. The first-order chi connectivity index (χ1) is 6.16. The Kier molecular flexibility index (Phi) is 4.35. The highest BCUT2D eigenvalue weighted by Crippen LogP contribution is 2.21. The molecule has 0 saturated heterocycles. The average Bonchev–Trinajstić information content (AvgIpc) is 1.78. The van der Waals surface area contributed by atoms with Gasteiger partial charge < -0.3 is 0 Å². The first kappa shape index (κ1) is 13.2. The molecule has 0 rings (SSSR count). The minimum Gasteiger partial charge on any atom is -0.211 e. The molecule has 0 radical (unpaired) electrons. The lowest BCUT2D eigenvalue weighted by atomic mass is 10.2. The summed E-state index contributed by atoms with van der Waals surface area (Å²) in [5, 5.41) is 8.06. The molecule has 0 fully saturated rings. The first-order valence-corrected chi connectivity index (χ1v) is 5.25. The second kappa shape index (κ2) is 4.61. The second-order valence-corrected chi connectivity index (χ2v) is 4.51. The van der Waals surface area contributed by atoms with Gasteiger partial charge in [-0.25, -0.2) is 13.1 Å². The lowest BCUT2D eigenvalue weighted by Crippen LogP contribution is -2.37. The third kappa shape index (κ3) is 6.68. The van der Waals surface area contributed by atoms with Crippen LogP contribution in [0.3, 0.4) is 0 Å². The number of nitrogens with zero attached hydrogens (tertiary/aromatic N) is 1. The Bertz CT molecular complexity index is 317. The number of halogens is 3. The highest BCUT2D eigenvalue weighted by atomic mass is 32.2. The molecule has 82 valence electrons. The standard InChI is InChI=1S/C6H9F3N2O2S/c1-5(4-6(7,8)9)11-14(12,13)3-2-10/h5,11H,3-4H2,1H3. The molecule has 4 nitrogen and oxygen atoms in total. The molecule has 0 aromatic heterocycles. The van der Waals surface area contributed by atoms with Crippen LogP contribution in [0.25, 0.3) is 0 Å². The second-order valence-electron chi connectivity index (χ2n) is 2.76. The summed E-state index contributed by atoms with van der Waals surface area (Å²) in [6.07, 6.45) is -5.67. The number of nitrogens with one attached hydrogen (secondary N) is 1. The predicted molar refractivity (Wildman–Crippen MR) is 42.7 cm³/mol. The molecular weight excluding hydrogens is 221 g/mol. The summed E-state index contributed by atoms with van der Waals surface area (Å²) in [6, 6.07) is 0.0883. The van der Waals surface area contributed by atoms with Gasteiger partial charge in [-0.3, -0.25) is 0 Å². The van der Waals surface area contributed by atoms with E-state index in [0.29, 0.717) is 0 Å².